The van der Waals surface area contributed by atoms with Crippen molar-refractivity contribution in [3.63, 3.8) is 0 Å². The van der Waals surface area contributed by atoms with Crippen LogP contribution in [0.25, 0.3) is 0 Å². The highest BCUT2D eigenvalue weighted by atomic mass is 16.4. The third kappa shape index (κ3) is 4.01. The molecule has 106 valence electrons. The highest BCUT2D eigenvalue weighted by Gasteiger charge is 2.02. The van der Waals surface area contributed by atoms with Gasteiger partial charge in [-0.15, -0.1) is 0 Å². The van der Waals surface area contributed by atoms with Gasteiger partial charge < -0.3 is 9.90 Å². The summed E-state index contributed by atoms with van der Waals surface area (Å²) in [6.07, 6.45) is 1.44. The zero-order valence-electron chi connectivity index (χ0n) is 11.4. The number of rotatable bonds is 4. The van der Waals surface area contributed by atoms with Crippen LogP contribution in [0.5, 0.6) is 0 Å². The third-order valence-electron chi connectivity index (χ3n) is 2.84. The number of hydrogen-bond donors (Lipinski definition) is 1. The Kier molecular flexibility index (Phi) is 4.46. The van der Waals surface area contributed by atoms with Crippen molar-refractivity contribution in [2.75, 3.05) is 0 Å². The Balaban J connectivity index is 1.97. The lowest BCUT2D eigenvalue weighted by Crippen LogP contribution is -2.22. The number of amides is 1. The van der Waals surface area contributed by atoms with Gasteiger partial charge in [0.2, 0.25) is 0 Å². The van der Waals surface area contributed by atoms with E-state index in [2.05, 4.69) is 10.5 Å². The number of hydrazone groups is 1. The summed E-state index contributed by atoms with van der Waals surface area (Å²) in [5.74, 6) is -1.54. The second-order valence-electron chi connectivity index (χ2n) is 4.47. The summed E-state index contributed by atoms with van der Waals surface area (Å²) in [6, 6.07) is 13.1. The van der Waals surface area contributed by atoms with Gasteiger partial charge in [0.25, 0.3) is 5.91 Å². The average molecular weight is 281 g/mol. The smallest absolute Gasteiger partial charge is 0.271 e. The molecule has 2 aromatic carbocycles. The molecule has 21 heavy (non-hydrogen) atoms. The molecule has 0 aliphatic heterocycles. The van der Waals surface area contributed by atoms with Crippen LogP contribution < -0.4 is 10.5 Å². The lowest BCUT2D eigenvalue weighted by atomic mass is 10.1. The molecular weight excluding hydrogens is 268 g/mol. The van der Waals surface area contributed by atoms with E-state index in [0.717, 1.165) is 5.56 Å². The highest BCUT2D eigenvalue weighted by molar-refractivity contribution is 5.95. The summed E-state index contributed by atoms with van der Waals surface area (Å²) in [4.78, 5) is 22.4. The molecular formula is C16H13N2O3-. The SMILES string of the molecule is Cc1ccc(C(=O)N/N=C\c2ccc(C(=O)[O-])cc2)cc1. The number of carboxylic acid groups (broad SMARTS) is 1. The highest BCUT2D eigenvalue weighted by Crippen LogP contribution is 2.03. The van der Waals surface area contributed by atoms with Gasteiger partial charge in [0.15, 0.2) is 0 Å². The van der Waals surface area contributed by atoms with Crippen molar-refractivity contribution in [3.8, 4) is 0 Å². The van der Waals surface area contributed by atoms with Crippen LogP contribution in [0.1, 0.15) is 31.8 Å². The Morgan fingerprint density at radius 2 is 1.57 bits per heavy atom. The number of carboxylic acids is 1. The Labute approximate surface area is 121 Å². The fourth-order valence-electron chi connectivity index (χ4n) is 1.64. The van der Waals surface area contributed by atoms with Gasteiger partial charge in [0, 0.05) is 5.56 Å². The van der Waals surface area contributed by atoms with E-state index in [0.29, 0.717) is 11.1 Å². The Morgan fingerprint density at radius 1 is 1.00 bits per heavy atom. The molecule has 1 N–H and O–H groups in total. The van der Waals surface area contributed by atoms with Gasteiger partial charge in [0.1, 0.15) is 0 Å². The van der Waals surface area contributed by atoms with Gasteiger partial charge in [-0.25, -0.2) is 5.43 Å². The van der Waals surface area contributed by atoms with Gasteiger partial charge in [-0.05, 0) is 30.2 Å². The second-order valence-corrected chi connectivity index (χ2v) is 4.47. The molecule has 0 aromatic heterocycles. The summed E-state index contributed by atoms with van der Waals surface area (Å²) < 4.78 is 0. The number of hydrogen-bond acceptors (Lipinski definition) is 4. The normalized spacial score (nSPS) is 10.5. The van der Waals surface area contributed by atoms with Crippen LogP contribution in [0.4, 0.5) is 0 Å². The maximum Gasteiger partial charge on any atom is 0.271 e. The van der Waals surface area contributed by atoms with E-state index in [-0.39, 0.29) is 11.5 Å². The number of carbonyl (C=O) groups excluding carboxylic acids is 2. The first-order chi connectivity index (χ1) is 10.1. The third-order valence-corrected chi connectivity index (χ3v) is 2.84. The van der Waals surface area contributed by atoms with Crippen LogP contribution in [0, 0.1) is 6.92 Å². The standard InChI is InChI=1S/C16H14N2O3/c1-11-2-6-13(7-3-11)15(19)18-17-10-12-4-8-14(9-5-12)16(20)21/h2-10H,1H3,(H,18,19)(H,20,21)/p-1/b17-10-. The van der Waals surface area contributed by atoms with Crippen molar-refractivity contribution in [1.82, 2.24) is 5.43 Å². The van der Waals surface area contributed by atoms with E-state index in [1.807, 2.05) is 19.1 Å². The van der Waals surface area contributed by atoms with Gasteiger partial charge in [-0.1, -0.05) is 42.0 Å². The number of nitrogens with zero attached hydrogens (tertiary/aromatic N) is 1. The number of aromatic carboxylic acids is 1. The zero-order valence-corrected chi connectivity index (χ0v) is 11.4. The molecule has 0 saturated heterocycles. The topological polar surface area (TPSA) is 81.6 Å². The summed E-state index contributed by atoms with van der Waals surface area (Å²) in [7, 11) is 0. The number of aryl methyl sites for hydroxylation is 1. The van der Waals surface area contributed by atoms with Crippen LogP contribution >= 0.6 is 0 Å². The van der Waals surface area contributed by atoms with Crippen molar-refractivity contribution in [2.24, 2.45) is 5.10 Å². The molecule has 0 aliphatic rings. The first kappa shape index (κ1) is 14.5. The Bertz CT molecular complexity index is 674. The molecule has 0 heterocycles. The van der Waals surface area contributed by atoms with Crippen LogP contribution in [-0.4, -0.2) is 18.1 Å². The van der Waals surface area contributed by atoms with E-state index in [1.165, 1.54) is 18.3 Å². The lowest BCUT2D eigenvalue weighted by Gasteiger charge is -2.02. The predicted octanol–water partition coefficient (Wildman–Crippen LogP) is 1.12. The van der Waals surface area contributed by atoms with Crippen molar-refractivity contribution < 1.29 is 14.7 Å². The van der Waals surface area contributed by atoms with Gasteiger partial charge >= 0.3 is 0 Å². The minimum absolute atomic E-state index is 0.0934. The Hall–Kier alpha value is -2.95. The van der Waals surface area contributed by atoms with E-state index in [9.17, 15) is 14.7 Å². The molecule has 1 amide bonds. The largest absolute Gasteiger partial charge is 0.545 e. The van der Waals surface area contributed by atoms with Crippen LogP contribution in [-0.2, 0) is 0 Å². The Morgan fingerprint density at radius 3 is 2.14 bits per heavy atom. The minimum Gasteiger partial charge on any atom is -0.545 e. The number of benzene rings is 2. The number of carbonyl (C=O) groups is 2. The van der Waals surface area contributed by atoms with E-state index < -0.39 is 5.97 Å². The van der Waals surface area contributed by atoms with Crippen molar-refractivity contribution in [3.05, 3.63) is 70.8 Å². The van der Waals surface area contributed by atoms with E-state index in [1.54, 1.807) is 24.3 Å². The molecule has 0 aliphatic carbocycles. The molecule has 0 fully saturated rings. The van der Waals surface area contributed by atoms with Crippen LogP contribution in [0.2, 0.25) is 0 Å². The zero-order chi connectivity index (χ0) is 15.2. The average Bonchev–Trinajstić information content (AvgIpc) is 2.48. The quantitative estimate of drug-likeness (QED) is 0.673. The molecule has 0 unspecified atom stereocenters. The summed E-state index contributed by atoms with van der Waals surface area (Å²) in [5, 5.41) is 14.4. The van der Waals surface area contributed by atoms with Crippen molar-refractivity contribution in [1.29, 1.82) is 0 Å². The van der Waals surface area contributed by atoms with Crippen LogP contribution in [0.15, 0.2) is 53.6 Å². The number of nitrogens with one attached hydrogen (secondary N) is 1. The van der Waals surface area contributed by atoms with Crippen molar-refractivity contribution in [2.45, 2.75) is 6.92 Å². The molecule has 0 radical (unpaired) electrons. The minimum atomic E-state index is -1.23. The van der Waals surface area contributed by atoms with Gasteiger partial charge in [-0.3, -0.25) is 4.79 Å². The molecule has 5 heteroatoms. The first-order valence-electron chi connectivity index (χ1n) is 6.28. The summed E-state index contributed by atoms with van der Waals surface area (Å²) >= 11 is 0. The fourth-order valence-corrected chi connectivity index (χ4v) is 1.64. The molecule has 0 bridgehead atoms. The monoisotopic (exact) mass is 281 g/mol. The molecule has 5 nitrogen and oxygen atoms in total. The molecule has 2 rings (SSSR count). The maximum absolute atomic E-state index is 11.8. The molecule has 0 saturated carbocycles. The van der Waals surface area contributed by atoms with Gasteiger partial charge in [-0.2, -0.15) is 5.10 Å². The van der Waals surface area contributed by atoms with E-state index >= 15 is 0 Å². The second kappa shape index (κ2) is 6.47. The van der Waals surface area contributed by atoms with Crippen molar-refractivity contribution >= 4 is 18.1 Å². The van der Waals surface area contributed by atoms with E-state index in [4.69, 9.17) is 0 Å². The van der Waals surface area contributed by atoms with Crippen LogP contribution in [0.3, 0.4) is 0 Å². The molecule has 0 spiro atoms. The lowest BCUT2D eigenvalue weighted by molar-refractivity contribution is -0.255. The predicted molar refractivity (Wildman–Crippen MR) is 77.0 cm³/mol. The van der Waals surface area contributed by atoms with Gasteiger partial charge in [0.05, 0.1) is 12.2 Å². The molecule has 2 aromatic rings. The molecule has 0 atom stereocenters. The fraction of sp³-hybridized carbons (Fsp3) is 0.0625. The maximum atomic E-state index is 11.8. The first-order valence-corrected chi connectivity index (χ1v) is 6.28. The summed E-state index contributed by atoms with van der Waals surface area (Å²) in [6.45, 7) is 1.94. The summed E-state index contributed by atoms with van der Waals surface area (Å²) in [5.41, 5.74) is 4.76.